The van der Waals surface area contributed by atoms with Crippen LogP contribution in [0, 0.1) is 0 Å². The third-order valence-electron chi connectivity index (χ3n) is 3.07. The van der Waals surface area contributed by atoms with Crippen LogP contribution in [-0.2, 0) is 9.59 Å². The van der Waals surface area contributed by atoms with E-state index in [1.807, 2.05) is 0 Å². The van der Waals surface area contributed by atoms with Gasteiger partial charge in [-0.15, -0.1) is 11.8 Å². The molecular formula is C10H11N5O3S2. The lowest BCUT2D eigenvalue weighted by atomic mass is 10.0. The number of β-lactam (4-membered cyclic amide) rings is 1. The minimum absolute atomic E-state index is 0.0625. The van der Waals surface area contributed by atoms with Crippen LogP contribution in [0.15, 0.2) is 22.8 Å². The van der Waals surface area contributed by atoms with Gasteiger partial charge in [-0.3, -0.25) is 14.8 Å². The number of hydrogen-bond acceptors (Lipinski definition) is 7. The van der Waals surface area contributed by atoms with Crippen LogP contribution < -0.4 is 5.73 Å². The van der Waals surface area contributed by atoms with E-state index in [9.17, 15) is 14.7 Å². The molecule has 10 heteroatoms. The van der Waals surface area contributed by atoms with Crippen molar-refractivity contribution < 1.29 is 14.7 Å². The lowest BCUT2D eigenvalue weighted by Crippen LogP contribution is -2.68. The van der Waals surface area contributed by atoms with Crippen molar-refractivity contribution in [1.29, 1.82) is 0 Å². The maximum absolute atomic E-state index is 11.7. The number of aliphatic carboxylic acids is 1. The van der Waals surface area contributed by atoms with Crippen molar-refractivity contribution in [3.05, 3.63) is 17.6 Å². The Morgan fingerprint density at radius 3 is 3.15 bits per heavy atom. The quantitative estimate of drug-likeness (QED) is 0.501. The first-order valence-corrected chi connectivity index (χ1v) is 7.76. The van der Waals surface area contributed by atoms with Crippen LogP contribution in [0.4, 0.5) is 0 Å². The fraction of sp³-hybridized carbons (Fsp3) is 0.400. The molecule has 1 aromatic heterocycles. The first-order valence-electron chi connectivity index (χ1n) is 5.73. The van der Waals surface area contributed by atoms with Gasteiger partial charge >= 0.3 is 5.97 Å². The number of amides is 1. The van der Waals surface area contributed by atoms with E-state index in [0.29, 0.717) is 22.2 Å². The van der Waals surface area contributed by atoms with Gasteiger partial charge in [-0.2, -0.15) is 5.10 Å². The maximum Gasteiger partial charge on any atom is 0.352 e. The van der Waals surface area contributed by atoms with Gasteiger partial charge < -0.3 is 10.8 Å². The monoisotopic (exact) mass is 313 g/mol. The van der Waals surface area contributed by atoms with Gasteiger partial charge in [-0.05, 0) is 5.57 Å². The zero-order valence-corrected chi connectivity index (χ0v) is 11.8. The van der Waals surface area contributed by atoms with Crippen molar-refractivity contribution in [2.45, 2.75) is 16.6 Å². The topological polar surface area (TPSA) is 125 Å². The smallest absolute Gasteiger partial charge is 0.352 e. The van der Waals surface area contributed by atoms with Crippen molar-refractivity contribution >= 4 is 35.4 Å². The third kappa shape index (κ3) is 2.09. The summed E-state index contributed by atoms with van der Waals surface area (Å²) in [5.74, 6) is -0.439. The van der Waals surface area contributed by atoms with E-state index < -0.39 is 12.0 Å². The largest absolute Gasteiger partial charge is 0.477 e. The lowest BCUT2D eigenvalue weighted by Gasteiger charge is -2.48. The van der Waals surface area contributed by atoms with Gasteiger partial charge in [-0.1, -0.05) is 11.8 Å². The minimum atomic E-state index is -1.09. The highest BCUT2D eigenvalue weighted by Gasteiger charge is 2.51. The first-order chi connectivity index (χ1) is 9.59. The van der Waals surface area contributed by atoms with Crippen LogP contribution in [0.25, 0.3) is 0 Å². The highest BCUT2D eigenvalue weighted by Crippen LogP contribution is 2.40. The molecule has 0 spiro atoms. The summed E-state index contributed by atoms with van der Waals surface area (Å²) in [5, 5.41) is 16.1. The van der Waals surface area contributed by atoms with Crippen molar-refractivity contribution in [2.24, 2.45) is 5.73 Å². The van der Waals surface area contributed by atoms with Gasteiger partial charge in [0.2, 0.25) is 5.91 Å². The fourth-order valence-electron chi connectivity index (χ4n) is 2.11. The Hall–Kier alpha value is -1.52. The van der Waals surface area contributed by atoms with Crippen LogP contribution >= 0.6 is 23.5 Å². The predicted molar refractivity (Wildman–Crippen MR) is 72.8 cm³/mol. The number of nitrogens with one attached hydrogen (secondary N) is 1. The molecule has 3 rings (SSSR count). The number of nitrogens with two attached hydrogens (primary N) is 1. The molecule has 106 valence electrons. The second-order valence-electron chi connectivity index (χ2n) is 4.27. The number of aromatic amines is 1. The molecule has 0 aromatic carbocycles. The molecule has 2 aliphatic heterocycles. The molecule has 1 amide bonds. The molecule has 4 N–H and O–H groups in total. The summed E-state index contributed by atoms with van der Waals surface area (Å²) in [6.07, 6.45) is 1.39. The van der Waals surface area contributed by atoms with E-state index in [1.165, 1.54) is 34.8 Å². The van der Waals surface area contributed by atoms with Crippen LogP contribution in [0.1, 0.15) is 0 Å². The van der Waals surface area contributed by atoms with Crippen LogP contribution in [-0.4, -0.2) is 60.0 Å². The molecule has 0 bridgehead atoms. The van der Waals surface area contributed by atoms with E-state index >= 15 is 0 Å². The molecule has 3 heterocycles. The van der Waals surface area contributed by atoms with E-state index in [0.717, 1.165) is 0 Å². The van der Waals surface area contributed by atoms with E-state index in [2.05, 4.69) is 15.2 Å². The number of fused-ring (bicyclic) bond motifs is 1. The second kappa shape index (κ2) is 5.11. The SMILES string of the molecule is N[C@@H]1C(=O)N2C(C(=O)O)=C(CSc3ncn[nH]3)CS[C@@H]12. The zero-order chi connectivity index (χ0) is 14.3. The molecule has 0 radical (unpaired) electrons. The van der Waals surface area contributed by atoms with Crippen LogP contribution in [0.3, 0.4) is 0 Å². The van der Waals surface area contributed by atoms with Gasteiger partial charge in [0.25, 0.3) is 0 Å². The van der Waals surface area contributed by atoms with E-state index in [4.69, 9.17) is 5.73 Å². The second-order valence-corrected chi connectivity index (χ2v) is 6.34. The third-order valence-corrected chi connectivity index (χ3v) is 5.39. The summed E-state index contributed by atoms with van der Waals surface area (Å²) in [5.41, 5.74) is 6.44. The Labute approximate surface area is 122 Å². The normalized spacial score (nSPS) is 25.4. The Balaban J connectivity index is 1.82. The molecule has 0 saturated carbocycles. The standard InChI is InChI=1S/C10H11N5O3S2/c11-5-7(16)15-6(9(17)18)4(1-19-8(5)15)2-20-10-12-3-13-14-10/h3,5,8H,1-2,11H2,(H,17,18)(H,12,13,14)/t5-,8+/m1/s1. The number of thioether (sulfide) groups is 2. The van der Waals surface area contributed by atoms with Gasteiger partial charge in [-0.25, -0.2) is 9.78 Å². The van der Waals surface area contributed by atoms with Crippen molar-refractivity contribution in [1.82, 2.24) is 20.1 Å². The van der Waals surface area contributed by atoms with Gasteiger partial charge in [0, 0.05) is 11.5 Å². The zero-order valence-electron chi connectivity index (χ0n) is 10.1. The molecule has 20 heavy (non-hydrogen) atoms. The molecule has 1 fully saturated rings. The Bertz CT molecular complexity index is 588. The molecule has 1 aromatic rings. The summed E-state index contributed by atoms with van der Waals surface area (Å²) < 4.78 is 0. The molecular weight excluding hydrogens is 302 g/mol. The lowest BCUT2D eigenvalue weighted by molar-refractivity contribution is -0.147. The van der Waals surface area contributed by atoms with Gasteiger partial charge in [0.05, 0.1) is 0 Å². The Morgan fingerprint density at radius 1 is 1.70 bits per heavy atom. The number of carboxylic acids is 1. The summed E-state index contributed by atoms with van der Waals surface area (Å²) in [7, 11) is 0. The van der Waals surface area contributed by atoms with Crippen molar-refractivity contribution in [2.75, 3.05) is 11.5 Å². The molecule has 2 atom stereocenters. The number of hydrogen-bond donors (Lipinski definition) is 3. The molecule has 0 unspecified atom stereocenters. The summed E-state index contributed by atoms with van der Waals surface area (Å²) >= 11 is 2.84. The highest BCUT2D eigenvalue weighted by molar-refractivity contribution is 8.01. The average Bonchev–Trinajstić information content (AvgIpc) is 2.96. The number of aromatic nitrogens is 3. The van der Waals surface area contributed by atoms with Crippen molar-refractivity contribution in [3.63, 3.8) is 0 Å². The number of nitrogens with zero attached hydrogens (tertiary/aromatic N) is 3. The molecule has 2 aliphatic rings. The van der Waals surface area contributed by atoms with E-state index in [-0.39, 0.29) is 17.0 Å². The number of carbonyl (C=O) groups excluding carboxylic acids is 1. The highest BCUT2D eigenvalue weighted by atomic mass is 32.2. The molecule has 0 aliphatic carbocycles. The maximum atomic E-state index is 11.7. The number of carbonyl (C=O) groups is 2. The average molecular weight is 313 g/mol. The van der Waals surface area contributed by atoms with Gasteiger partial charge in [0.15, 0.2) is 5.16 Å². The minimum Gasteiger partial charge on any atom is -0.477 e. The summed E-state index contributed by atoms with van der Waals surface area (Å²) in [6, 6.07) is -0.599. The van der Waals surface area contributed by atoms with Crippen LogP contribution in [0.5, 0.6) is 0 Å². The van der Waals surface area contributed by atoms with Gasteiger partial charge in [0.1, 0.15) is 23.4 Å². The number of H-pyrrole nitrogens is 1. The number of rotatable bonds is 4. The fourth-order valence-corrected chi connectivity index (χ4v) is 4.32. The summed E-state index contributed by atoms with van der Waals surface area (Å²) in [4.78, 5) is 28.4. The van der Waals surface area contributed by atoms with E-state index in [1.54, 1.807) is 0 Å². The van der Waals surface area contributed by atoms with Crippen LogP contribution in [0.2, 0.25) is 0 Å². The summed E-state index contributed by atoms with van der Waals surface area (Å²) in [6.45, 7) is 0. The predicted octanol–water partition coefficient (Wildman–Crippen LogP) is -0.522. The van der Waals surface area contributed by atoms with Crippen molar-refractivity contribution in [3.8, 4) is 0 Å². The number of carboxylic acid groups (broad SMARTS) is 1. The molecule has 8 nitrogen and oxygen atoms in total. The Kier molecular flexibility index (Phi) is 3.44. The first kappa shape index (κ1) is 13.5. The Morgan fingerprint density at radius 2 is 2.50 bits per heavy atom. The molecule has 1 saturated heterocycles.